The van der Waals surface area contributed by atoms with Gasteiger partial charge in [-0.25, -0.2) is 0 Å². The van der Waals surface area contributed by atoms with Crippen molar-refractivity contribution >= 4 is 11.8 Å². The zero-order valence-corrected chi connectivity index (χ0v) is 11.8. The fourth-order valence-corrected chi connectivity index (χ4v) is 2.43. The van der Waals surface area contributed by atoms with Crippen molar-refractivity contribution < 1.29 is 9.59 Å². The van der Waals surface area contributed by atoms with Crippen LogP contribution in [0.2, 0.25) is 0 Å². The van der Waals surface area contributed by atoms with Crippen LogP contribution >= 0.6 is 0 Å². The Morgan fingerprint density at radius 2 is 1.95 bits per heavy atom. The fourth-order valence-electron chi connectivity index (χ4n) is 2.43. The first-order valence-corrected chi connectivity index (χ1v) is 7.19. The van der Waals surface area contributed by atoms with Gasteiger partial charge in [0, 0.05) is 43.5 Å². The number of pyridine rings is 1. The van der Waals surface area contributed by atoms with Gasteiger partial charge in [0.05, 0.1) is 0 Å². The lowest BCUT2D eigenvalue weighted by atomic mass is 10.0. The molecular formula is C15H21N3O2. The smallest absolute Gasteiger partial charge is 0.253 e. The van der Waals surface area contributed by atoms with Crippen molar-refractivity contribution in [3.05, 3.63) is 30.1 Å². The third-order valence-electron chi connectivity index (χ3n) is 3.55. The maximum Gasteiger partial charge on any atom is 0.253 e. The van der Waals surface area contributed by atoms with E-state index < -0.39 is 0 Å². The molecule has 0 saturated carbocycles. The standard InChI is InChI=1S/C15H21N3O2/c1-2-3-14(19)17-13-6-10-18(11-7-13)15(20)12-4-8-16-9-5-12/h4-5,8-9,13H,2-3,6-7,10-11H2,1H3,(H,17,19). The largest absolute Gasteiger partial charge is 0.353 e. The first-order valence-electron chi connectivity index (χ1n) is 7.19. The Balaban J connectivity index is 1.82. The lowest BCUT2D eigenvalue weighted by molar-refractivity contribution is -0.122. The summed E-state index contributed by atoms with van der Waals surface area (Å²) in [4.78, 5) is 29.6. The van der Waals surface area contributed by atoms with Crippen LogP contribution < -0.4 is 5.32 Å². The monoisotopic (exact) mass is 275 g/mol. The molecule has 1 aliphatic rings. The minimum atomic E-state index is 0.0470. The van der Waals surface area contributed by atoms with Crippen molar-refractivity contribution in [1.29, 1.82) is 0 Å². The molecule has 5 nitrogen and oxygen atoms in total. The Morgan fingerprint density at radius 3 is 2.55 bits per heavy atom. The van der Waals surface area contributed by atoms with Gasteiger partial charge in [0.15, 0.2) is 0 Å². The quantitative estimate of drug-likeness (QED) is 0.908. The Hall–Kier alpha value is -1.91. The molecule has 108 valence electrons. The van der Waals surface area contributed by atoms with E-state index in [9.17, 15) is 9.59 Å². The zero-order valence-electron chi connectivity index (χ0n) is 11.8. The number of hydrogen-bond donors (Lipinski definition) is 1. The van der Waals surface area contributed by atoms with Crippen LogP contribution in [0.4, 0.5) is 0 Å². The Bertz CT molecular complexity index is 453. The van der Waals surface area contributed by atoms with Gasteiger partial charge in [0.1, 0.15) is 0 Å². The number of hydrogen-bond acceptors (Lipinski definition) is 3. The summed E-state index contributed by atoms with van der Waals surface area (Å²) in [5.74, 6) is 0.164. The second-order valence-corrected chi connectivity index (χ2v) is 5.12. The highest BCUT2D eigenvalue weighted by Gasteiger charge is 2.24. The van der Waals surface area contributed by atoms with E-state index in [0.717, 1.165) is 19.3 Å². The zero-order chi connectivity index (χ0) is 14.4. The van der Waals surface area contributed by atoms with E-state index in [1.807, 2.05) is 11.8 Å². The van der Waals surface area contributed by atoms with Gasteiger partial charge in [-0.3, -0.25) is 14.6 Å². The number of aromatic nitrogens is 1. The molecular weight excluding hydrogens is 254 g/mol. The van der Waals surface area contributed by atoms with Crippen LogP contribution in [0.5, 0.6) is 0 Å². The van der Waals surface area contributed by atoms with Crippen molar-refractivity contribution in [3.63, 3.8) is 0 Å². The van der Waals surface area contributed by atoms with Gasteiger partial charge in [-0.2, -0.15) is 0 Å². The normalized spacial score (nSPS) is 15.9. The number of nitrogens with zero attached hydrogens (tertiary/aromatic N) is 2. The molecule has 1 aromatic rings. The van der Waals surface area contributed by atoms with Crippen molar-refractivity contribution in [1.82, 2.24) is 15.2 Å². The van der Waals surface area contributed by atoms with Crippen LogP contribution in [0.3, 0.4) is 0 Å². The van der Waals surface area contributed by atoms with Gasteiger partial charge in [-0.1, -0.05) is 6.92 Å². The molecule has 5 heteroatoms. The summed E-state index contributed by atoms with van der Waals surface area (Å²) >= 11 is 0. The molecule has 1 aliphatic heterocycles. The molecule has 20 heavy (non-hydrogen) atoms. The summed E-state index contributed by atoms with van der Waals surface area (Å²) in [6.07, 6.45) is 6.36. The maximum atomic E-state index is 12.2. The van der Waals surface area contributed by atoms with E-state index >= 15 is 0 Å². The molecule has 1 N–H and O–H groups in total. The van der Waals surface area contributed by atoms with Gasteiger partial charge in [-0.05, 0) is 31.4 Å². The highest BCUT2D eigenvalue weighted by atomic mass is 16.2. The predicted molar refractivity (Wildman–Crippen MR) is 76.2 cm³/mol. The molecule has 0 aliphatic carbocycles. The summed E-state index contributed by atoms with van der Waals surface area (Å²) in [6.45, 7) is 3.38. The van der Waals surface area contributed by atoms with E-state index in [0.29, 0.717) is 25.1 Å². The average molecular weight is 275 g/mol. The summed E-state index contributed by atoms with van der Waals surface area (Å²) < 4.78 is 0. The number of rotatable bonds is 4. The lowest BCUT2D eigenvalue weighted by Crippen LogP contribution is -2.46. The SMILES string of the molecule is CCCC(=O)NC1CCN(C(=O)c2ccncc2)CC1. The van der Waals surface area contributed by atoms with Gasteiger partial charge in [-0.15, -0.1) is 0 Å². The molecule has 0 atom stereocenters. The van der Waals surface area contributed by atoms with E-state index in [1.165, 1.54) is 0 Å². The Kier molecular flexibility index (Phi) is 5.09. The number of amides is 2. The Labute approximate surface area is 119 Å². The number of carbonyl (C=O) groups is 2. The van der Waals surface area contributed by atoms with Crippen LogP contribution in [-0.4, -0.2) is 40.8 Å². The molecule has 0 radical (unpaired) electrons. The number of likely N-dealkylation sites (tertiary alicyclic amines) is 1. The second-order valence-electron chi connectivity index (χ2n) is 5.12. The second kappa shape index (κ2) is 7.03. The van der Waals surface area contributed by atoms with Crippen molar-refractivity contribution in [2.24, 2.45) is 0 Å². The molecule has 1 fully saturated rings. The van der Waals surface area contributed by atoms with Gasteiger partial charge in [0.25, 0.3) is 5.91 Å². The summed E-state index contributed by atoms with van der Waals surface area (Å²) in [7, 11) is 0. The van der Waals surface area contributed by atoms with Gasteiger partial charge < -0.3 is 10.2 Å². The molecule has 0 bridgehead atoms. The molecule has 2 heterocycles. The molecule has 2 amide bonds. The third-order valence-corrected chi connectivity index (χ3v) is 3.55. The van der Waals surface area contributed by atoms with Crippen LogP contribution in [0.15, 0.2) is 24.5 Å². The summed E-state index contributed by atoms with van der Waals surface area (Å²) in [5, 5.41) is 3.03. The first-order chi connectivity index (χ1) is 9.70. The maximum absolute atomic E-state index is 12.2. The van der Waals surface area contributed by atoms with Crippen LogP contribution in [-0.2, 0) is 4.79 Å². The van der Waals surface area contributed by atoms with Crippen molar-refractivity contribution in [3.8, 4) is 0 Å². The molecule has 0 spiro atoms. The average Bonchev–Trinajstić information content (AvgIpc) is 2.48. The van der Waals surface area contributed by atoms with Crippen LogP contribution in [0.25, 0.3) is 0 Å². The van der Waals surface area contributed by atoms with Crippen LogP contribution in [0.1, 0.15) is 43.0 Å². The minimum absolute atomic E-state index is 0.0470. The van der Waals surface area contributed by atoms with Gasteiger partial charge in [0.2, 0.25) is 5.91 Å². The molecule has 1 aromatic heterocycles. The van der Waals surface area contributed by atoms with Crippen LogP contribution in [0, 0.1) is 0 Å². The first kappa shape index (κ1) is 14.5. The van der Waals surface area contributed by atoms with E-state index in [4.69, 9.17) is 0 Å². The highest BCUT2D eigenvalue weighted by Crippen LogP contribution is 2.14. The summed E-state index contributed by atoms with van der Waals surface area (Å²) in [6, 6.07) is 3.67. The van der Waals surface area contributed by atoms with Crippen molar-refractivity contribution in [2.45, 2.75) is 38.6 Å². The molecule has 1 saturated heterocycles. The molecule has 0 aromatic carbocycles. The Morgan fingerprint density at radius 1 is 1.30 bits per heavy atom. The third kappa shape index (κ3) is 3.79. The topological polar surface area (TPSA) is 62.3 Å². The van der Waals surface area contributed by atoms with E-state index in [2.05, 4.69) is 10.3 Å². The summed E-state index contributed by atoms with van der Waals surface area (Å²) in [5.41, 5.74) is 0.675. The van der Waals surface area contributed by atoms with E-state index in [-0.39, 0.29) is 17.9 Å². The highest BCUT2D eigenvalue weighted by molar-refractivity contribution is 5.94. The fraction of sp³-hybridized carbons (Fsp3) is 0.533. The molecule has 0 unspecified atom stereocenters. The van der Waals surface area contributed by atoms with Crippen molar-refractivity contribution in [2.75, 3.05) is 13.1 Å². The van der Waals surface area contributed by atoms with Gasteiger partial charge >= 0.3 is 0 Å². The number of nitrogens with one attached hydrogen (secondary N) is 1. The predicted octanol–water partition coefficient (Wildman–Crippen LogP) is 1.60. The lowest BCUT2D eigenvalue weighted by Gasteiger charge is -2.32. The minimum Gasteiger partial charge on any atom is -0.353 e. The molecule has 2 rings (SSSR count). The number of piperidine rings is 1. The van der Waals surface area contributed by atoms with E-state index in [1.54, 1.807) is 24.5 Å². The number of carbonyl (C=O) groups excluding carboxylic acids is 2.